The van der Waals surface area contributed by atoms with E-state index in [1.807, 2.05) is 30.3 Å². The molecule has 170 valence electrons. The Morgan fingerprint density at radius 2 is 2.09 bits per heavy atom. The fraction of sp³-hybridized carbons (Fsp3) is 0.286. The van der Waals surface area contributed by atoms with E-state index in [1.165, 1.54) is 10.4 Å². The van der Waals surface area contributed by atoms with E-state index in [0.29, 0.717) is 27.4 Å². The van der Waals surface area contributed by atoms with Crippen molar-refractivity contribution in [2.45, 2.75) is 11.0 Å². The summed E-state index contributed by atoms with van der Waals surface area (Å²) in [5, 5.41) is 3.56. The molecule has 0 saturated carbocycles. The van der Waals surface area contributed by atoms with Gasteiger partial charge < -0.3 is 25.5 Å². The SMILES string of the molecule is CNc1cc(Cl)cc2c(S(=O)(=O)N3CCO[C@H](COc4ccccc4)C3)c(C(N)=O)[nH]c12. The van der Waals surface area contributed by atoms with Crippen LogP contribution in [0.15, 0.2) is 47.4 Å². The van der Waals surface area contributed by atoms with Crippen molar-refractivity contribution in [3.8, 4) is 5.75 Å². The number of nitrogens with zero attached hydrogens (tertiary/aromatic N) is 1. The molecule has 32 heavy (non-hydrogen) atoms. The van der Waals surface area contributed by atoms with E-state index in [-0.39, 0.29) is 36.9 Å². The number of benzene rings is 2. The minimum absolute atomic E-state index is 0.0689. The van der Waals surface area contributed by atoms with Gasteiger partial charge in [-0.3, -0.25) is 4.79 Å². The maximum atomic E-state index is 13.7. The number of aromatic nitrogens is 1. The third kappa shape index (κ3) is 4.26. The second kappa shape index (κ2) is 8.99. The van der Waals surface area contributed by atoms with E-state index < -0.39 is 22.0 Å². The Bertz CT molecular complexity index is 1250. The summed E-state index contributed by atoms with van der Waals surface area (Å²) in [5.74, 6) is -0.215. The molecule has 1 amide bonds. The summed E-state index contributed by atoms with van der Waals surface area (Å²) in [5.41, 5.74) is 6.31. The number of carbonyl (C=O) groups excluding carboxylic acids is 1. The van der Waals surface area contributed by atoms with E-state index in [1.54, 1.807) is 13.1 Å². The fourth-order valence-electron chi connectivity index (χ4n) is 3.72. The molecule has 1 aromatic heterocycles. The van der Waals surface area contributed by atoms with Crippen molar-refractivity contribution in [2.75, 3.05) is 38.7 Å². The number of rotatable bonds is 7. The van der Waals surface area contributed by atoms with E-state index >= 15 is 0 Å². The number of anilines is 1. The summed E-state index contributed by atoms with van der Waals surface area (Å²) >= 11 is 6.21. The second-order valence-corrected chi connectivity index (χ2v) is 9.61. The minimum Gasteiger partial charge on any atom is -0.491 e. The van der Waals surface area contributed by atoms with Gasteiger partial charge in [0.2, 0.25) is 10.0 Å². The standard InChI is InChI=1S/C21H23ClN4O5S/c1-24-17-10-13(22)9-16-18(17)25-19(21(23)27)20(16)32(28,29)26-7-8-30-15(11-26)12-31-14-5-3-2-4-6-14/h2-6,9-10,15,24-25H,7-8,11-12H2,1H3,(H2,23,27)/t15-/m0/s1. The highest BCUT2D eigenvalue weighted by molar-refractivity contribution is 7.89. The lowest BCUT2D eigenvalue weighted by atomic mass is 10.2. The van der Waals surface area contributed by atoms with E-state index in [0.717, 1.165) is 0 Å². The molecule has 0 unspecified atom stereocenters. The van der Waals surface area contributed by atoms with Gasteiger partial charge in [-0.1, -0.05) is 29.8 Å². The maximum Gasteiger partial charge on any atom is 0.266 e. The average Bonchev–Trinajstić information content (AvgIpc) is 3.18. The molecule has 3 aromatic rings. The van der Waals surface area contributed by atoms with Gasteiger partial charge in [0.15, 0.2) is 0 Å². The van der Waals surface area contributed by atoms with Gasteiger partial charge in [-0.2, -0.15) is 4.31 Å². The zero-order valence-corrected chi connectivity index (χ0v) is 18.9. The molecule has 11 heteroatoms. The summed E-state index contributed by atoms with van der Waals surface area (Å²) < 4.78 is 40.0. The van der Waals surface area contributed by atoms with Crippen LogP contribution in [-0.2, 0) is 14.8 Å². The number of para-hydroxylation sites is 1. The number of H-pyrrole nitrogens is 1. The predicted octanol–water partition coefficient (Wildman–Crippen LogP) is 2.43. The van der Waals surface area contributed by atoms with Crippen LogP contribution in [0.4, 0.5) is 5.69 Å². The third-order valence-corrected chi connectivity index (χ3v) is 7.39. The largest absolute Gasteiger partial charge is 0.491 e. The van der Waals surface area contributed by atoms with Crippen LogP contribution in [0, 0.1) is 0 Å². The molecule has 2 heterocycles. The molecule has 0 aliphatic carbocycles. The van der Waals surface area contributed by atoms with Crippen molar-refractivity contribution >= 4 is 44.1 Å². The van der Waals surface area contributed by atoms with Gasteiger partial charge in [0.1, 0.15) is 29.0 Å². The number of nitrogens with two attached hydrogens (primary N) is 1. The molecule has 0 bridgehead atoms. The first-order chi connectivity index (χ1) is 15.3. The van der Waals surface area contributed by atoms with Crippen molar-refractivity contribution < 1.29 is 22.7 Å². The van der Waals surface area contributed by atoms with Crippen LogP contribution in [0.2, 0.25) is 5.02 Å². The van der Waals surface area contributed by atoms with Gasteiger partial charge in [0.25, 0.3) is 5.91 Å². The second-order valence-electron chi connectivity index (χ2n) is 7.30. The first-order valence-electron chi connectivity index (χ1n) is 9.93. The number of hydrogen-bond donors (Lipinski definition) is 3. The lowest BCUT2D eigenvalue weighted by Gasteiger charge is -2.32. The first-order valence-corrected chi connectivity index (χ1v) is 11.8. The normalized spacial score (nSPS) is 17.4. The number of primary amides is 1. The highest BCUT2D eigenvalue weighted by atomic mass is 35.5. The number of carbonyl (C=O) groups is 1. The van der Waals surface area contributed by atoms with Crippen LogP contribution < -0.4 is 15.8 Å². The Labute approximate surface area is 190 Å². The van der Waals surface area contributed by atoms with E-state index in [2.05, 4.69) is 10.3 Å². The predicted molar refractivity (Wildman–Crippen MR) is 122 cm³/mol. The molecule has 4 N–H and O–H groups in total. The quantitative estimate of drug-likeness (QED) is 0.478. The molecule has 1 aliphatic rings. The lowest BCUT2D eigenvalue weighted by Crippen LogP contribution is -2.47. The molecule has 1 aliphatic heterocycles. The molecule has 1 fully saturated rings. The van der Waals surface area contributed by atoms with Crippen molar-refractivity contribution in [3.63, 3.8) is 0 Å². The minimum atomic E-state index is -4.10. The van der Waals surface area contributed by atoms with Gasteiger partial charge in [-0.05, 0) is 24.3 Å². The Hall–Kier alpha value is -2.79. The molecular weight excluding hydrogens is 456 g/mol. The van der Waals surface area contributed by atoms with Crippen molar-refractivity contribution in [1.29, 1.82) is 0 Å². The van der Waals surface area contributed by atoms with Crippen molar-refractivity contribution in [1.82, 2.24) is 9.29 Å². The Balaban J connectivity index is 1.67. The van der Waals surface area contributed by atoms with Gasteiger partial charge in [0.05, 0.1) is 17.8 Å². The van der Waals surface area contributed by atoms with E-state index in [4.69, 9.17) is 26.8 Å². The Morgan fingerprint density at radius 3 is 2.78 bits per heavy atom. The smallest absolute Gasteiger partial charge is 0.266 e. The van der Waals surface area contributed by atoms with Gasteiger partial charge in [0, 0.05) is 30.5 Å². The fourth-order valence-corrected chi connectivity index (χ4v) is 5.72. The molecule has 9 nitrogen and oxygen atoms in total. The summed E-state index contributed by atoms with van der Waals surface area (Å²) in [6.07, 6.45) is -0.475. The molecule has 4 rings (SSSR count). The van der Waals surface area contributed by atoms with Crippen LogP contribution in [-0.4, -0.2) is 63.1 Å². The van der Waals surface area contributed by atoms with Crippen molar-refractivity contribution in [3.05, 3.63) is 53.2 Å². The summed E-state index contributed by atoms with van der Waals surface area (Å²) in [4.78, 5) is 14.8. The van der Waals surface area contributed by atoms with E-state index in [9.17, 15) is 13.2 Å². The van der Waals surface area contributed by atoms with Crippen molar-refractivity contribution in [2.24, 2.45) is 5.73 Å². The summed E-state index contributed by atoms with van der Waals surface area (Å²) in [6.45, 7) is 0.579. The Morgan fingerprint density at radius 1 is 1.34 bits per heavy atom. The number of ether oxygens (including phenoxy) is 2. The monoisotopic (exact) mass is 478 g/mol. The highest BCUT2D eigenvalue weighted by Gasteiger charge is 2.36. The summed E-state index contributed by atoms with van der Waals surface area (Å²) in [6, 6.07) is 12.3. The number of nitrogens with one attached hydrogen (secondary N) is 2. The number of amides is 1. The van der Waals surface area contributed by atoms with Gasteiger partial charge in [-0.25, -0.2) is 8.42 Å². The number of fused-ring (bicyclic) bond motifs is 1. The number of hydrogen-bond acceptors (Lipinski definition) is 6. The maximum absolute atomic E-state index is 13.7. The van der Waals surface area contributed by atoms with Gasteiger partial charge in [-0.15, -0.1) is 0 Å². The zero-order chi connectivity index (χ0) is 22.9. The first kappa shape index (κ1) is 22.4. The highest BCUT2D eigenvalue weighted by Crippen LogP contribution is 2.36. The molecule has 1 atom stereocenters. The third-order valence-electron chi connectivity index (χ3n) is 5.22. The van der Waals surface area contributed by atoms with Crippen LogP contribution >= 0.6 is 11.6 Å². The molecule has 0 radical (unpaired) electrons. The number of morpholine rings is 1. The molecule has 0 spiro atoms. The van der Waals surface area contributed by atoms with Crippen LogP contribution in [0.1, 0.15) is 10.5 Å². The van der Waals surface area contributed by atoms with Crippen LogP contribution in [0.25, 0.3) is 10.9 Å². The number of aromatic amines is 1. The zero-order valence-electron chi connectivity index (χ0n) is 17.3. The Kier molecular flexibility index (Phi) is 6.29. The molecule has 1 saturated heterocycles. The van der Waals surface area contributed by atoms with Crippen LogP contribution in [0.3, 0.4) is 0 Å². The molecule has 2 aromatic carbocycles. The lowest BCUT2D eigenvalue weighted by molar-refractivity contribution is -0.0249. The molecular formula is C21H23ClN4O5S. The number of halogens is 1. The summed E-state index contributed by atoms with van der Waals surface area (Å²) in [7, 11) is -2.43. The average molecular weight is 479 g/mol. The number of sulfonamides is 1. The van der Waals surface area contributed by atoms with Gasteiger partial charge >= 0.3 is 0 Å². The topological polar surface area (TPSA) is 127 Å². The van der Waals surface area contributed by atoms with Crippen LogP contribution in [0.5, 0.6) is 5.75 Å².